The van der Waals surface area contributed by atoms with Crippen LogP contribution >= 0.6 is 0 Å². The van der Waals surface area contributed by atoms with Gasteiger partial charge in [-0.15, -0.1) is 0 Å². The molecule has 1 amide bonds. The van der Waals surface area contributed by atoms with Gasteiger partial charge in [-0.05, 0) is 25.2 Å². The van der Waals surface area contributed by atoms with Gasteiger partial charge in [0.1, 0.15) is 12.4 Å². The van der Waals surface area contributed by atoms with Crippen molar-refractivity contribution in [2.45, 2.75) is 19.5 Å². The molecule has 2 aliphatic rings. The van der Waals surface area contributed by atoms with E-state index in [9.17, 15) is 18.0 Å². The van der Waals surface area contributed by atoms with Gasteiger partial charge in [0.15, 0.2) is 0 Å². The number of amides is 1. The van der Waals surface area contributed by atoms with Crippen LogP contribution in [0.3, 0.4) is 0 Å². The van der Waals surface area contributed by atoms with E-state index in [1.54, 1.807) is 12.4 Å². The Labute approximate surface area is 160 Å². The van der Waals surface area contributed by atoms with Crippen LogP contribution in [-0.4, -0.2) is 77.4 Å². The molecule has 2 fully saturated rings. The van der Waals surface area contributed by atoms with E-state index in [0.29, 0.717) is 18.4 Å². The number of aromatic nitrogens is 2. The predicted octanol–water partition coefficient (Wildman–Crippen LogP) is 1.43. The number of carbonyl (C=O) groups excluding carboxylic acids is 1. The molecule has 0 bridgehead atoms. The molecule has 0 saturated carbocycles. The Balaban J connectivity index is 0.000000345. The summed E-state index contributed by atoms with van der Waals surface area (Å²) in [6.45, 7) is 6.39. The number of fused-ring (bicyclic) bond motifs is 1. The SMILES string of the molecule is CCOCC(=O)N1C[C@@H]2CCN(c3cnccn3)C[C@@H]2C1.O=C(O)C(F)(F)F. The number of rotatable bonds is 4. The zero-order valence-electron chi connectivity index (χ0n) is 15.4. The first-order valence-electron chi connectivity index (χ1n) is 8.89. The first kappa shape index (κ1) is 21.9. The van der Waals surface area contributed by atoms with Gasteiger partial charge in [0, 0.05) is 45.2 Å². The van der Waals surface area contributed by atoms with Crippen molar-refractivity contribution in [3.05, 3.63) is 18.6 Å². The minimum absolute atomic E-state index is 0.123. The molecule has 2 aliphatic heterocycles. The van der Waals surface area contributed by atoms with Crippen LogP contribution in [0.5, 0.6) is 0 Å². The number of likely N-dealkylation sites (tertiary alicyclic amines) is 1. The largest absolute Gasteiger partial charge is 0.490 e. The topological polar surface area (TPSA) is 95.9 Å². The quantitative estimate of drug-likeness (QED) is 0.811. The number of carbonyl (C=O) groups is 2. The Morgan fingerprint density at radius 3 is 2.50 bits per heavy atom. The molecule has 2 atom stereocenters. The van der Waals surface area contributed by atoms with Crippen LogP contribution in [0.15, 0.2) is 18.6 Å². The molecule has 11 heteroatoms. The normalized spacial score (nSPS) is 21.6. The molecule has 1 aromatic heterocycles. The number of hydrogen-bond acceptors (Lipinski definition) is 6. The van der Waals surface area contributed by atoms with Crippen molar-refractivity contribution in [3.8, 4) is 0 Å². The summed E-state index contributed by atoms with van der Waals surface area (Å²) in [6, 6.07) is 0. The molecule has 0 aromatic carbocycles. The van der Waals surface area contributed by atoms with Gasteiger partial charge in [0.05, 0.1) is 6.20 Å². The highest BCUT2D eigenvalue weighted by Gasteiger charge is 2.39. The minimum Gasteiger partial charge on any atom is -0.475 e. The van der Waals surface area contributed by atoms with Crippen molar-refractivity contribution < 1.29 is 32.6 Å². The molecule has 1 N–H and O–H groups in total. The van der Waals surface area contributed by atoms with Crippen molar-refractivity contribution >= 4 is 17.7 Å². The molecule has 0 aliphatic carbocycles. The monoisotopic (exact) mass is 404 g/mol. The minimum atomic E-state index is -5.08. The fourth-order valence-corrected chi connectivity index (χ4v) is 3.32. The van der Waals surface area contributed by atoms with Crippen molar-refractivity contribution in [3.63, 3.8) is 0 Å². The highest BCUT2D eigenvalue weighted by Crippen LogP contribution is 2.32. The van der Waals surface area contributed by atoms with Crippen LogP contribution in [0, 0.1) is 11.8 Å². The number of ether oxygens (including phenoxy) is 1. The average Bonchev–Trinajstić information content (AvgIpc) is 3.10. The summed E-state index contributed by atoms with van der Waals surface area (Å²) in [6.07, 6.45) is 1.26. The van der Waals surface area contributed by atoms with Crippen LogP contribution in [0.4, 0.5) is 19.0 Å². The molecule has 0 spiro atoms. The zero-order valence-corrected chi connectivity index (χ0v) is 15.4. The molecule has 8 nitrogen and oxygen atoms in total. The number of piperidine rings is 1. The van der Waals surface area contributed by atoms with Crippen LogP contribution in [0.1, 0.15) is 13.3 Å². The summed E-state index contributed by atoms with van der Waals surface area (Å²) < 4.78 is 37.0. The predicted molar refractivity (Wildman–Crippen MR) is 92.6 cm³/mol. The maximum absolute atomic E-state index is 12.1. The van der Waals surface area contributed by atoms with Crippen LogP contribution in [0.25, 0.3) is 0 Å². The highest BCUT2D eigenvalue weighted by atomic mass is 19.4. The Bertz CT molecular complexity index is 660. The molecule has 3 rings (SSSR count). The smallest absolute Gasteiger partial charge is 0.475 e. The molecule has 3 heterocycles. The number of carboxylic acid groups (broad SMARTS) is 1. The fraction of sp³-hybridized carbons (Fsp3) is 0.647. The Hall–Kier alpha value is -2.43. The third kappa shape index (κ3) is 6.04. The van der Waals surface area contributed by atoms with Gasteiger partial charge in [0.2, 0.25) is 5.91 Å². The molecule has 0 radical (unpaired) electrons. The fourth-order valence-electron chi connectivity index (χ4n) is 3.32. The number of aliphatic carboxylic acids is 1. The first-order chi connectivity index (χ1) is 13.2. The van der Waals surface area contributed by atoms with Gasteiger partial charge in [-0.2, -0.15) is 13.2 Å². The lowest BCUT2D eigenvalue weighted by Crippen LogP contribution is -2.40. The number of nitrogens with zero attached hydrogens (tertiary/aromatic N) is 4. The lowest BCUT2D eigenvalue weighted by Gasteiger charge is -2.34. The Morgan fingerprint density at radius 2 is 1.93 bits per heavy atom. The summed E-state index contributed by atoms with van der Waals surface area (Å²) in [5, 5.41) is 7.12. The summed E-state index contributed by atoms with van der Waals surface area (Å²) in [4.78, 5) is 33.7. The third-order valence-electron chi connectivity index (χ3n) is 4.70. The van der Waals surface area contributed by atoms with Crippen molar-refractivity contribution in [2.75, 3.05) is 44.3 Å². The summed E-state index contributed by atoms with van der Waals surface area (Å²) in [5.74, 6) is -0.547. The van der Waals surface area contributed by atoms with E-state index in [1.165, 1.54) is 0 Å². The van der Waals surface area contributed by atoms with E-state index < -0.39 is 12.1 Å². The summed E-state index contributed by atoms with van der Waals surface area (Å²) in [5.41, 5.74) is 0. The first-order valence-corrected chi connectivity index (χ1v) is 8.89. The van der Waals surface area contributed by atoms with Crippen LogP contribution in [0.2, 0.25) is 0 Å². The molecule has 2 saturated heterocycles. The second-order valence-corrected chi connectivity index (χ2v) is 6.56. The van der Waals surface area contributed by atoms with E-state index in [4.69, 9.17) is 14.6 Å². The molecular weight excluding hydrogens is 381 g/mol. The highest BCUT2D eigenvalue weighted by molar-refractivity contribution is 5.77. The van der Waals surface area contributed by atoms with E-state index in [-0.39, 0.29) is 12.5 Å². The van der Waals surface area contributed by atoms with E-state index in [0.717, 1.165) is 38.4 Å². The number of carboxylic acids is 1. The van der Waals surface area contributed by atoms with E-state index in [1.807, 2.05) is 18.0 Å². The lowest BCUT2D eigenvalue weighted by molar-refractivity contribution is -0.192. The summed E-state index contributed by atoms with van der Waals surface area (Å²) in [7, 11) is 0. The lowest BCUT2D eigenvalue weighted by atomic mass is 9.89. The molecule has 28 heavy (non-hydrogen) atoms. The van der Waals surface area contributed by atoms with Crippen LogP contribution in [-0.2, 0) is 14.3 Å². The molecule has 1 aromatic rings. The molecule has 156 valence electrons. The Kier molecular flexibility index (Phi) is 7.55. The van der Waals surface area contributed by atoms with Crippen LogP contribution < -0.4 is 4.90 Å². The van der Waals surface area contributed by atoms with Gasteiger partial charge in [-0.1, -0.05) is 0 Å². The molecule has 0 unspecified atom stereocenters. The zero-order chi connectivity index (χ0) is 20.7. The Morgan fingerprint density at radius 1 is 1.25 bits per heavy atom. The number of anilines is 1. The van der Waals surface area contributed by atoms with Gasteiger partial charge < -0.3 is 19.6 Å². The van der Waals surface area contributed by atoms with E-state index in [2.05, 4.69) is 14.9 Å². The van der Waals surface area contributed by atoms with Gasteiger partial charge >= 0.3 is 12.1 Å². The number of hydrogen-bond donors (Lipinski definition) is 1. The van der Waals surface area contributed by atoms with Gasteiger partial charge in [-0.25, -0.2) is 9.78 Å². The van der Waals surface area contributed by atoms with Crippen molar-refractivity contribution in [1.29, 1.82) is 0 Å². The van der Waals surface area contributed by atoms with Gasteiger partial charge in [-0.3, -0.25) is 9.78 Å². The standard InChI is InChI=1S/C15H22N4O2.C2HF3O2/c1-2-21-11-15(20)19-8-12-3-6-18(9-13(12)10-19)14-7-16-4-5-17-14;3-2(4,5)1(6)7/h4-5,7,12-13H,2-3,6,8-11H2,1H3;(H,6,7)/t12-,13+;/m0./s1. The van der Waals surface area contributed by atoms with Crippen molar-refractivity contribution in [1.82, 2.24) is 14.9 Å². The van der Waals surface area contributed by atoms with Crippen molar-refractivity contribution in [2.24, 2.45) is 11.8 Å². The third-order valence-corrected chi connectivity index (χ3v) is 4.70. The second-order valence-electron chi connectivity index (χ2n) is 6.56. The number of halogens is 3. The molecular formula is C17H23F3N4O4. The number of alkyl halides is 3. The maximum atomic E-state index is 12.1. The summed E-state index contributed by atoms with van der Waals surface area (Å²) >= 11 is 0. The van der Waals surface area contributed by atoms with Gasteiger partial charge in [0.25, 0.3) is 0 Å². The maximum Gasteiger partial charge on any atom is 0.490 e. The average molecular weight is 404 g/mol. The van der Waals surface area contributed by atoms with E-state index >= 15 is 0 Å². The second kappa shape index (κ2) is 9.67.